The minimum Gasteiger partial charge on any atom is -0.329 e. The van der Waals surface area contributed by atoms with Gasteiger partial charge >= 0.3 is 0 Å². The maximum Gasteiger partial charge on any atom is 0.0502 e. The van der Waals surface area contributed by atoms with Crippen LogP contribution in [-0.2, 0) is 5.75 Å². The first-order chi connectivity index (χ1) is 5.83. The van der Waals surface area contributed by atoms with Crippen molar-refractivity contribution in [2.24, 2.45) is 5.73 Å². The summed E-state index contributed by atoms with van der Waals surface area (Å²) in [7, 11) is 0. The number of thioether (sulfide) groups is 1. The Morgan fingerprint density at radius 1 is 1.58 bits per heavy atom. The Labute approximate surface area is 77.6 Å². The molecule has 1 aromatic heterocycles. The van der Waals surface area contributed by atoms with Crippen LogP contribution in [0.15, 0.2) is 24.4 Å². The summed E-state index contributed by atoms with van der Waals surface area (Å²) in [6.45, 7) is 2.87. The molecule has 0 radical (unpaired) electrons. The molecule has 0 aliphatic carbocycles. The summed E-state index contributed by atoms with van der Waals surface area (Å²) in [5.74, 6) is 0.958. The summed E-state index contributed by atoms with van der Waals surface area (Å²) in [4.78, 5) is 4.22. The minimum atomic E-state index is 0.520. The van der Waals surface area contributed by atoms with Crippen LogP contribution in [-0.4, -0.2) is 16.8 Å². The van der Waals surface area contributed by atoms with Gasteiger partial charge in [0.1, 0.15) is 0 Å². The Balaban J connectivity index is 2.33. The van der Waals surface area contributed by atoms with Gasteiger partial charge in [-0.15, -0.1) is 0 Å². The van der Waals surface area contributed by atoms with Crippen LogP contribution in [0, 0.1) is 0 Å². The molecule has 1 heterocycles. The van der Waals surface area contributed by atoms with Crippen LogP contribution < -0.4 is 5.73 Å². The maximum atomic E-state index is 5.49. The molecule has 0 bridgehead atoms. The van der Waals surface area contributed by atoms with Crippen molar-refractivity contribution in [3.05, 3.63) is 30.1 Å². The number of hydrogen-bond donors (Lipinski definition) is 1. The van der Waals surface area contributed by atoms with E-state index in [1.807, 2.05) is 36.2 Å². The summed E-state index contributed by atoms with van der Waals surface area (Å²) in [6.07, 6.45) is 1.82. The van der Waals surface area contributed by atoms with Crippen molar-refractivity contribution in [1.82, 2.24) is 4.98 Å². The van der Waals surface area contributed by atoms with Crippen LogP contribution in [0.3, 0.4) is 0 Å². The lowest BCUT2D eigenvalue weighted by Gasteiger charge is -2.06. The van der Waals surface area contributed by atoms with Crippen molar-refractivity contribution in [3.8, 4) is 0 Å². The number of nitrogens with zero attached hydrogens (tertiary/aromatic N) is 1. The average Bonchev–Trinajstić information content (AvgIpc) is 2.16. The summed E-state index contributed by atoms with van der Waals surface area (Å²) in [6, 6.07) is 5.98. The summed E-state index contributed by atoms with van der Waals surface area (Å²) < 4.78 is 0. The van der Waals surface area contributed by atoms with Gasteiger partial charge in [-0.1, -0.05) is 13.0 Å². The molecule has 0 amide bonds. The normalized spacial score (nSPS) is 12.8. The molecule has 1 atom stereocenters. The molecule has 1 rings (SSSR count). The summed E-state index contributed by atoms with van der Waals surface area (Å²) in [5.41, 5.74) is 6.62. The van der Waals surface area contributed by atoms with E-state index in [9.17, 15) is 0 Å². The molecule has 1 aromatic rings. The summed E-state index contributed by atoms with van der Waals surface area (Å²) >= 11 is 1.84. The molecule has 2 nitrogen and oxygen atoms in total. The highest BCUT2D eigenvalue weighted by Gasteiger charge is 1.99. The second kappa shape index (κ2) is 5.17. The fraction of sp³-hybridized carbons (Fsp3) is 0.444. The predicted octanol–water partition coefficient (Wildman–Crippen LogP) is 1.66. The van der Waals surface area contributed by atoms with Crippen molar-refractivity contribution in [1.29, 1.82) is 0 Å². The lowest BCUT2D eigenvalue weighted by molar-refractivity contribution is 0.949. The number of pyridine rings is 1. The fourth-order valence-corrected chi connectivity index (χ4v) is 1.54. The van der Waals surface area contributed by atoms with Crippen molar-refractivity contribution in [2.75, 3.05) is 6.54 Å². The number of nitrogens with two attached hydrogens (primary N) is 1. The third kappa shape index (κ3) is 3.24. The van der Waals surface area contributed by atoms with Crippen molar-refractivity contribution in [3.63, 3.8) is 0 Å². The molecular weight excluding hydrogens is 168 g/mol. The first kappa shape index (κ1) is 9.55. The van der Waals surface area contributed by atoms with Gasteiger partial charge < -0.3 is 5.73 Å². The zero-order chi connectivity index (χ0) is 8.81. The Bertz CT molecular complexity index is 213. The van der Waals surface area contributed by atoms with Crippen LogP contribution in [0.4, 0.5) is 0 Å². The Morgan fingerprint density at radius 3 is 3.00 bits per heavy atom. The quantitative estimate of drug-likeness (QED) is 0.769. The van der Waals surface area contributed by atoms with E-state index < -0.39 is 0 Å². The largest absolute Gasteiger partial charge is 0.329 e. The maximum absolute atomic E-state index is 5.49. The van der Waals surface area contributed by atoms with E-state index >= 15 is 0 Å². The molecule has 0 aromatic carbocycles. The zero-order valence-electron chi connectivity index (χ0n) is 7.23. The standard InChI is InChI=1S/C9H14N2S/c1-8(6-10)12-7-9-4-2-3-5-11-9/h2-5,8H,6-7,10H2,1H3. The third-order valence-electron chi connectivity index (χ3n) is 1.57. The van der Waals surface area contributed by atoms with Crippen LogP contribution in [0.5, 0.6) is 0 Å². The SMILES string of the molecule is CC(CN)SCc1ccccn1. The van der Waals surface area contributed by atoms with Gasteiger partial charge in [0.25, 0.3) is 0 Å². The van der Waals surface area contributed by atoms with E-state index in [0.717, 1.165) is 18.0 Å². The van der Waals surface area contributed by atoms with Crippen molar-refractivity contribution >= 4 is 11.8 Å². The van der Waals surface area contributed by atoms with Gasteiger partial charge in [-0.3, -0.25) is 4.98 Å². The highest BCUT2D eigenvalue weighted by Crippen LogP contribution is 2.14. The molecule has 0 spiro atoms. The Kier molecular flexibility index (Phi) is 4.11. The molecule has 0 aliphatic rings. The lowest BCUT2D eigenvalue weighted by atomic mass is 10.4. The van der Waals surface area contributed by atoms with Gasteiger partial charge in [0.2, 0.25) is 0 Å². The average molecular weight is 182 g/mol. The van der Waals surface area contributed by atoms with Crippen molar-refractivity contribution in [2.45, 2.75) is 17.9 Å². The molecule has 3 heteroatoms. The zero-order valence-corrected chi connectivity index (χ0v) is 8.05. The van der Waals surface area contributed by atoms with Gasteiger partial charge in [0.15, 0.2) is 0 Å². The van der Waals surface area contributed by atoms with E-state index in [-0.39, 0.29) is 0 Å². The highest BCUT2D eigenvalue weighted by atomic mass is 32.2. The van der Waals surface area contributed by atoms with Gasteiger partial charge in [-0.05, 0) is 12.1 Å². The fourth-order valence-electron chi connectivity index (χ4n) is 0.779. The monoisotopic (exact) mass is 182 g/mol. The lowest BCUT2D eigenvalue weighted by Crippen LogP contribution is -2.12. The van der Waals surface area contributed by atoms with Gasteiger partial charge in [0.05, 0.1) is 5.69 Å². The van der Waals surface area contributed by atoms with Crippen LogP contribution in [0.25, 0.3) is 0 Å². The van der Waals surface area contributed by atoms with E-state index in [2.05, 4.69) is 11.9 Å². The molecule has 0 saturated carbocycles. The Morgan fingerprint density at radius 2 is 2.42 bits per heavy atom. The van der Waals surface area contributed by atoms with Gasteiger partial charge in [-0.2, -0.15) is 11.8 Å². The molecule has 0 fully saturated rings. The third-order valence-corrected chi connectivity index (χ3v) is 2.80. The van der Waals surface area contributed by atoms with E-state index in [1.54, 1.807) is 0 Å². The van der Waals surface area contributed by atoms with E-state index in [4.69, 9.17) is 5.73 Å². The molecule has 2 N–H and O–H groups in total. The molecule has 66 valence electrons. The predicted molar refractivity (Wildman–Crippen MR) is 54.0 cm³/mol. The Hall–Kier alpha value is -0.540. The van der Waals surface area contributed by atoms with Crippen LogP contribution >= 0.6 is 11.8 Å². The van der Waals surface area contributed by atoms with Gasteiger partial charge in [0, 0.05) is 23.7 Å². The highest BCUT2D eigenvalue weighted by molar-refractivity contribution is 7.99. The topological polar surface area (TPSA) is 38.9 Å². The first-order valence-electron chi connectivity index (χ1n) is 4.04. The molecule has 1 unspecified atom stereocenters. The van der Waals surface area contributed by atoms with Crippen molar-refractivity contribution < 1.29 is 0 Å². The smallest absolute Gasteiger partial charge is 0.0502 e. The molecule has 12 heavy (non-hydrogen) atoms. The van der Waals surface area contributed by atoms with E-state index in [1.165, 1.54) is 0 Å². The number of hydrogen-bond acceptors (Lipinski definition) is 3. The second-order valence-corrected chi connectivity index (χ2v) is 4.11. The van der Waals surface area contributed by atoms with Gasteiger partial charge in [-0.25, -0.2) is 0 Å². The number of aromatic nitrogens is 1. The second-order valence-electron chi connectivity index (χ2n) is 2.68. The molecular formula is C9H14N2S. The molecule has 0 aliphatic heterocycles. The number of rotatable bonds is 4. The minimum absolute atomic E-state index is 0.520. The van der Waals surface area contributed by atoms with Crippen LogP contribution in [0.1, 0.15) is 12.6 Å². The molecule has 0 saturated heterocycles. The first-order valence-corrected chi connectivity index (χ1v) is 5.09. The van der Waals surface area contributed by atoms with Crippen LogP contribution in [0.2, 0.25) is 0 Å². The van der Waals surface area contributed by atoms with E-state index in [0.29, 0.717) is 5.25 Å². The summed E-state index contributed by atoms with van der Waals surface area (Å²) in [5, 5.41) is 0.520.